The van der Waals surface area contributed by atoms with E-state index in [1.54, 1.807) is 0 Å². The fourth-order valence-electron chi connectivity index (χ4n) is 2.25. The van der Waals surface area contributed by atoms with Crippen LogP contribution in [-0.4, -0.2) is 58.1 Å². The van der Waals surface area contributed by atoms with Gasteiger partial charge in [-0.3, -0.25) is 14.4 Å². The maximum atomic E-state index is 11.4. The van der Waals surface area contributed by atoms with Gasteiger partial charge in [0.15, 0.2) is 5.12 Å². The number of ether oxygens (including phenoxy) is 3. The summed E-state index contributed by atoms with van der Waals surface area (Å²) in [7, 11) is 0. The molecule has 0 amide bonds. The van der Waals surface area contributed by atoms with Gasteiger partial charge in [-0.15, -0.1) is 0 Å². The Morgan fingerprint density at radius 2 is 1.96 bits per heavy atom. The molecule has 0 aromatic heterocycles. The quantitative estimate of drug-likeness (QED) is 0.329. The Kier molecular flexibility index (Phi) is 7.03. The summed E-state index contributed by atoms with van der Waals surface area (Å²) in [6.45, 7) is 4.63. The Labute approximate surface area is 142 Å². The second-order valence-corrected chi connectivity index (χ2v) is 6.61. The molecule has 1 N–H and O–H groups in total. The third kappa shape index (κ3) is 5.10. The van der Waals surface area contributed by atoms with Crippen molar-refractivity contribution in [2.24, 2.45) is 5.11 Å². The lowest BCUT2D eigenvalue weighted by atomic mass is 9.87. The molecule has 1 aliphatic heterocycles. The van der Waals surface area contributed by atoms with Gasteiger partial charge in [0, 0.05) is 25.7 Å². The number of hydrogen-bond acceptors (Lipinski definition) is 9. The molecular weight excluding hydrogens is 342 g/mol. The number of hydrogen-bond donors (Lipinski definition) is 1. The van der Waals surface area contributed by atoms with Crippen molar-refractivity contribution in [3.63, 3.8) is 0 Å². The van der Waals surface area contributed by atoms with Crippen molar-refractivity contribution in [2.45, 2.75) is 57.0 Å². The summed E-state index contributed by atoms with van der Waals surface area (Å²) in [6, 6.07) is -1.24. The molecular formula is C13H19N3O7S. The first-order chi connectivity index (χ1) is 11.1. The van der Waals surface area contributed by atoms with Crippen LogP contribution >= 0.6 is 11.8 Å². The minimum Gasteiger partial charge on any atom is -0.463 e. The molecule has 0 aliphatic carbocycles. The van der Waals surface area contributed by atoms with Crippen LogP contribution in [0, 0.1) is 0 Å². The molecule has 11 heteroatoms. The summed E-state index contributed by atoms with van der Waals surface area (Å²) in [5.41, 5.74) is 5.89. The maximum Gasteiger partial charge on any atom is 0.303 e. The van der Waals surface area contributed by atoms with Crippen LogP contribution < -0.4 is 0 Å². The molecule has 1 saturated heterocycles. The van der Waals surface area contributed by atoms with E-state index < -0.39 is 41.2 Å². The molecule has 1 fully saturated rings. The van der Waals surface area contributed by atoms with Gasteiger partial charge in [-0.2, -0.15) is 0 Å². The average molecular weight is 361 g/mol. The van der Waals surface area contributed by atoms with Gasteiger partial charge in [0.2, 0.25) is 0 Å². The lowest BCUT2D eigenvalue weighted by molar-refractivity contribution is -0.214. The highest BCUT2D eigenvalue weighted by atomic mass is 32.2. The number of nitrogens with zero attached hydrogens (tertiary/aromatic N) is 3. The van der Waals surface area contributed by atoms with E-state index in [9.17, 15) is 19.5 Å². The summed E-state index contributed by atoms with van der Waals surface area (Å²) in [5.74, 6) is -1.28. The molecule has 10 nitrogen and oxygen atoms in total. The molecule has 0 saturated carbocycles. The van der Waals surface area contributed by atoms with Crippen LogP contribution in [-0.2, 0) is 28.6 Å². The van der Waals surface area contributed by atoms with Crippen LogP contribution in [0.4, 0.5) is 0 Å². The van der Waals surface area contributed by atoms with Crippen molar-refractivity contribution in [3.8, 4) is 0 Å². The average Bonchev–Trinajstić information content (AvgIpc) is 2.43. The summed E-state index contributed by atoms with van der Waals surface area (Å²) < 4.78 is 15.6. The predicted octanol–water partition coefficient (Wildman–Crippen LogP) is 0.916. The van der Waals surface area contributed by atoms with Gasteiger partial charge in [0.1, 0.15) is 35.9 Å². The normalized spacial score (nSPS) is 32.4. The number of azide groups is 1. The Morgan fingerprint density at radius 1 is 1.33 bits per heavy atom. The molecule has 0 aromatic rings. The third-order valence-electron chi connectivity index (χ3n) is 3.25. The maximum absolute atomic E-state index is 11.4. The van der Waals surface area contributed by atoms with Crippen LogP contribution in [0.25, 0.3) is 10.4 Å². The van der Waals surface area contributed by atoms with Gasteiger partial charge >= 0.3 is 11.9 Å². The van der Waals surface area contributed by atoms with Crippen molar-refractivity contribution < 1.29 is 33.7 Å². The molecule has 1 heterocycles. The zero-order chi connectivity index (χ0) is 18.5. The summed E-state index contributed by atoms with van der Waals surface area (Å²) in [5, 5.41) is 13.9. The zero-order valence-electron chi connectivity index (χ0n) is 13.7. The molecule has 0 aromatic carbocycles. The number of thioether (sulfide) groups is 1. The third-order valence-corrected chi connectivity index (χ3v) is 4.39. The molecule has 0 radical (unpaired) electrons. The first-order valence-corrected chi connectivity index (χ1v) is 7.87. The van der Waals surface area contributed by atoms with E-state index in [1.165, 1.54) is 20.8 Å². The minimum absolute atomic E-state index is 0.296. The van der Waals surface area contributed by atoms with Crippen LogP contribution in [0.15, 0.2) is 5.11 Å². The van der Waals surface area contributed by atoms with Crippen LogP contribution in [0.5, 0.6) is 0 Å². The Morgan fingerprint density at radius 3 is 2.42 bits per heavy atom. The smallest absolute Gasteiger partial charge is 0.303 e. The van der Waals surface area contributed by atoms with E-state index in [1.807, 2.05) is 0 Å². The second kappa shape index (κ2) is 8.34. The van der Waals surface area contributed by atoms with Crippen molar-refractivity contribution >= 4 is 28.8 Å². The highest BCUT2D eigenvalue weighted by Gasteiger charge is 2.55. The highest BCUT2D eigenvalue weighted by molar-refractivity contribution is 8.14. The first kappa shape index (κ1) is 20.2. The molecule has 24 heavy (non-hydrogen) atoms. The number of carbonyl (C=O) groups excluding carboxylic acids is 3. The number of carbonyl (C=O) groups is 3. The topological polar surface area (TPSA) is 148 Å². The Balaban J connectivity index is 3.22. The SMILES string of the molecule is CC(=O)OC[C@H]1OC(SC(C)=O)[C@](C)(O)[C@@H](N=[N+]=[N-])[C@H]1OC(C)=O. The van der Waals surface area contributed by atoms with Crippen LogP contribution in [0.3, 0.4) is 0 Å². The number of aliphatic hydroxyl groups is 1. The molecule has 0 bridgehead atoms. The van der Waals surface area contributed by atoms with Gasteiger partial charge in [-0.25, -0.2) is 0 Å². The van der Waals surface area contributed by atoms with Crippen molar-refractivity contribution in [1.82, 2.24) is 0 Å². The van der Waals surface area contributed by atoms with Crippen LogP contribution in [0.2, 0.25) is 0 Å². The molecule has 134 valence electrons. The molecule has 1 rings (SSSR count). The highest BCUT2D eigenvalue weighted by Crippen LogP contribution is 2.39. The van der Waals surface area contributed by atoms with E-state index in [0.717, 1.165) is 6.92 Å². The predicted molar refractivity (Wildman–Crippen MR) is 82.7 cm³/mol. The molecule has 5 atom stereocenters. The first-order valence-electron chi connectivity index (χ1n) is 6.99. The van der Waals surface area contributed by atoms with E-state index in [-0.39, 0.29) is 11.7 Å². The van der Waals surface area contributed by atoms with Crippen molar-refractivity contribution in [3.05, 3.63) is 10.4 Å². The number of esters is 2. The van der Waals surface area contributed by atoms with Gasteiger partial charge in [0.05, 0.1) is 0 Å². The van der Waals surface area contributed by atoms with E-state index in [4.69, 9.17) is 19.7 Å². The van der Waals surface area contributed by atoms with Gasteiger partial charge in [0.25, 0.3) is 0 Å². The van der Waals surface area contributed by atoms with Crippen LogP contribution in [0.1, 0.15) is 27.7 Å². The molecule has 0 spiro atoms. The second-order valence-electron chi connectivity index (χ2n) is 5.37. The van der Waals surface area contributed by atoms with Crippen molar-refractivity contribution in [2.75, 3.05) is 6.61 Å². The lowest BCUT2D eigenvalue weighted by Gasteiger charge is -2.47. The van der Waals surface area contributed by atoms with E-state index >= 15 is 0 Å². The van der Waals surface area contributed by atoms with Gasteiger partial charge < -0.3 is 19.3 Å². The number of rotatable bonds is 5. The molecule has 1 unspecified atom stereocenters. The summed E-state index contributed by atoms with van der Waals surface area (Å²) >= 11 is 0.695. The minimum atomic E-state index is -1.80. The summed E-state index contributed by atoms with van der Waals surface area (Å²) in [6.07, 6.45) is -2.19. The lowest BCUT2D eigenvalue weighted by Crippen LogP contribution is -2.64. The monoisotopic (exact) mass is 361 g/mol. The largest absolute Gasteiger partial charge is 0.463 e. The summed E-state index contributed by atoms with van der Waals surface area (Å²) in [4.78, 5) is 36.5. The standard InChI is InChI=1S/C13H19N3O7S/c1-6(17)21-5-9-10(22-7(2)18)11(15-16-14)13(4,20)12(23-9)24-8(3)19/h9-12,20H,5H2,1-4H3/t9-,10+,11+,12?,13-/m1/s1. The fourth-order valence-corrected chi connectivity index (χ4v) is 3.13. The van der Waals surface area contributed by atoms with Gasteiger partial charge in [-0.05, 0) is 12.5 Å². The van der Waals surface area contributed by atoms with E-state index in [2.05, 4.69) is 10.0 Å². The zero-order valence-corrected chi connectivity index (χ0v) is 14.5. The van der Waals surface area contributed by atoms with E-state index in [0.29, 0.717) is 11.8 Å². The Hall–Kier alpha value is -1.81. The van der Waals surface area contributed by atoms with Gasteiger partial charge in [-0.1, -0.05) is 16.9 Å². The van der Waals surface area contributed by atoms with Crippen molar-refractivity contribution in [1.29, 1.82) is 0 Å². The Bertz CT molecular complexity index is 562. The molecule has 1 aliphatic rings. The fraction of sp³-hybridized carbons (Fsp3) is 0.769.